The number of aromatic hydroxyl groups is 2. The smallest absolute Gasteiger partial charge is 0.364 e. The molecule has 0 atom stereocenters. The summed E-state index contributed by atoms with van der Waals surface area (Å²) in [5.74, 6) is -2.36. The SMILES string of the molecule is O=C(On1c(O)ccc1O)c1cccc(F)c1. The van der Waals surface area contributed by atoms with Crippen LogP contribution >= 0.6 is 0 Å². The second-order valence-corrected chi connectivity index (χ2v) is 3.23. The van der Waals surface area contributed by atoms with Crippen LogP contribution in [0.4, 0.5) is 4.39 Å². The highest BCUT2D eigenvalue weighted by atomic mass is 19.1. The van der Waals surface area contributed by atoms with E-state index < -0.39 is 23.5 Å². The summed E-state index contributed by atoms with van der Waals surface area (Å²) in [6.07, 6.45) is 0. The van der Waals surface area contributed by atoms with Gasteiger partial charge in [-0.25, -0.2) is 9.18 Å². The van der Waals surface area contributed by atoms with Crippen LogP contribution in [-0.2, 0) is 0 Å². The zero-order valence-corrected chi connectivity index (χ0v) is 8.50. The number of carbonyl (C=O) groups is 1. The molecule has 0 aliphatic rings. The van der Waals surface area contributed by atoms with E-state index in [2.05, 4.69) is 4.84 Å². The summed E-state index contributed by atoms with van der Waals surface area (Å²) in [5, 5.41) is 18.5. The molecule has 0 bridgehead atoms. The van der Waals surface area contributed by atoms with Crippen LogP contribution in [0.3, 0.4) is 0 Å². The predicted molar refractivity (Wildman–Crippen MR) is 55.1 cm³/mol. The van der Waals surface area contributed by atoms with E-state index in [4.69, 9.17) is 0 Å². The Morgan fingerprint density at radius 2 is 1.82 bits per heavy atom. The lowest BCUT2D eigenvalue weighted by molar-refractivity contribution is 0.0381. The summed E-state index contributed by atoms with van der Waals surface area (Å²) >= 11 is 0. The molecule has 0 radical (unpaired) electrons. The summed E-state index contributed by atoms with van der Waals surface area (Å²) in [6.45, 7) is 0. The van der Waals surface area contributed by atoms with Gasteiger partial charge in [0.1, 0.15) is 5.82 Å². The molecule has 1 aromatic carbocycles. The summed E-state index contributed by atoms with van der Waals surface area (Å²) < 4.78 is 13.4. The molecule has 2 N–H and O–H groups in total. The van der Waals surface area contributed by atoms with Crippen LogP contribution in [0.15, 0.2) is 36.4 Å². The van der Waals surface area contributed by atoms with Gasteiger partial charge < -0.3 is 15.1 Å². The lowest BCUT2D eigenvalue weighted by Crippen LogP contribution is -2.19. The molecule has 2 rings (SSSR count). The summed E-state index contributed by atoms with van der Waals surface area (Å²) in [7, 11) is 0. The van der Waals surface area contributed by atoms with Crippen LogP contribution in [0.2, 0.25) is 0 Å². The summed E-state index contributed by atoms with van der Waals surface area (Å²) in [5.41, 5.74) is -0.0301. The van der Waals surface area contributed by atoms with E-state index in [9.17, 15) is 19.4 Å². The maximum absolute atomic E-state index is 12.9. The Kier molecular flexibility index (Phi) is 2.70. The molecule has 1 heterocycles. The molecule has 0 aliphatic heterocycles. The minimum absolute atomic E-state index is 0.0301. The molecule has 17 heavy (non-hydrogen) atoms. The maximum atomic E-state index is 12.9. The molecule has 0 aliphatic carbocycles. The van der Waals surface area contributed by atoms with Crippen molar-refractivity contribution in [3.05, 3.63) is 47.8 Å². The van der Waals surface area contributed by atoms with Crippen LogP contribution in [0.25, 0.3) is 0 Å². The highest BCUT2D eigenvalue weighted by molar-refractivity contribution is 5.89. The van der Waals surface area contributed by atoms with Gasteiger partial charge in [-0.15, -0.1) is 4.73 Å². The molecule has 0 unspecified atom stereocenters. The zero-order valence-electron chi connectivity index (χ0n) is 8.50. The van der Waals surface area contributed by atoms with E-state index in [1.165, 1.54) is 18.2 Å². The zero-order chi connectivity index (χ0) is 12.4. The molecule has 0 fully saturated rings. The third-order valence-electron chi connectivity index (χ3n) is 2.03. The average Bonchev–Trinajstić information content (AvgIpc) is 2.61. The van der Waals surface area contributed by atoms with Gasteiger partial charge in [0.05, 0.1) is 5.56 Å². The Hall–Kier alpha value is -2.50. The van der Waals surface area contributed by atoms with Gasteiger partial charge in [-0.2, -0.15) is 0 Å². The monoisotopic (exact) mass is 237 g/mol. The van der Waals surface area contributed by atoms with Gasteiger partial charge in [-0.1, -0.05) is 6.07 Å². The summed E-state index contributed by atoms with van der Waals surface area (Å²) in [6, 6.07) is 7.16. The second-order valence-electron chi connectivity index (χ2n) is 3.23. The van der Waals surface area contributed by atoms with E-state index in [1.54, 1.807) is 0 Å². The van der Waals surface area contributed by atoms with Gasteiger partial charge in [-0.05, 0) is 18.2 Å². The van der Waals surface area contributed by atoms with Gasteiger partial charge in [0, 0.05) is 12.1 Å². The van der Waals surface area contributed by atoms with E-state index >= 15 is 0 Å². The third-order valence-corrected chi connectivity index (χ3v) is 2.03. The van der Waals surface area contributed by atoms with Crippen molar-refractivity contribution in [1.29, 1.82) is 0 Å². The molecule has 88 valence electrons. The van der Waals surface area contributed by atoms with E-state index in [0.29, 0.717) is 4.73 Å². The Balaban J connectivity index is 2.23. The van der Waals surface area contributed by atoms with E-state index in [-0.39, 0.29) is 5.56 Å². The van der Waals surface area contributed by atoms with Crippen molar-refractivity contribution in [1.82, 2.24) is 4.73 Å². The first-order chi connectivity index (χ1) is 8.08. The molecule has 0 saturated heterocycles. The minimum Gasteiger partial charge on any atom is -0.492 e. The first-order valence-corrected chi connectivity index (χ1v) is 4.66. The average molecular weight is 237 g/mol. The predicted octanol–water partition coefficient (Wildman–Crippen LogP) is 1.31. The Morgan fingerprint density at radius 3 is 2.41 bits per heavy atom. The number of hydrogen-bond acceptors (Lipinski definition) is 4. The first kappa shape index (κ1) is 11.0. The number of carbonyl (C=O) groups excluding carboxylic acids is 1. The third kappa shape index (κ3) is 2.20. The van der Waals surface area contributed by atoms with Crippen molar-refractivity contribution < 1.29 is 24.2 Å². The largest absolute Gasteiger partial charge is 0.492 e. The second kappa shape index (κ2) is 4.17. The van der Waals surface area contributed by atoms with Crippen LogP contribution in [0.1, 0.15) is 10.4 Å². The number of halogens is 1. The topological polar surface area (TPSA) is 71.7 Å². The number of hydrogen-bond donors (Lipinski definition) is 2. The molecular formula is C11H8FNO4. The Morgan fingerprint density at radius 1 is 1.18 bits per heavy atom. The quantitative estimate of drug-likeness (QED) is 0.826. The van der Waals surface area contributed by atoms with Crippen LogP contribution in [0.5, 0.6) is 11.8 Å². The van der Waals surface area contributed by atoms with Crippen molar-refractivity contribution in [3.8, 4) is 11.8 Å². The highest BCUT2D eigenvalue weighted by Crippen LogP contribution is 2.19. The fourth-order valence-electron chi connectivity index (χ4n) is 1.25. The van der Waals surface area contributed by atoms with Gasteiger partial charge in [0.2, 0.25) is 11.8 Å². The van der Waals surface area contributed by atoms with Crippen molar-refractivity contribution in [2.45, 2.75) is 0 Å². The lowest BCUT2D eigenvalue weighted by Gasteiger charge is -2.06. The first-order valence-electron chi connectivity index (χ1n) is 4.66. The fraction of sp³-hybridized carbons (Fsp3) is 0. The van der Waals surface area contributed by atoms with Crippen molar-refractivity contribution in [3.63, 3.8) is 0 Å². The van der Waals surface area contributed by atoms with E-state index in [1.807, 2.05) is 0 Å². The lowest BCUT2D eigenvalue weighted by atomic mass is 10.2. The maximum Gasteiger partial charge on any atom is 0.364 e. The van der Waals surface area contributed by atoms with Gasteiger partial charge in [0.25, 0.3) is 0 Å². The Labute approximate surface area is 95.3 Å². The fourth-order valence-corrected chi connectivity index (χ4v) is 1.25. The van der Waals surface area contributed by atoms with Crippen molar-refractivity contribution in [2.24, 2.45) is 0 Å². The molecule has 1 aromatic heterocycles. The highest BCUT2D eigenvalue weighted by Gasteiger charge is 2.14. The number of rotatable bonds is 2. The van der Waals surface area contributed by atoms with Gasteiger partial charge in [0.15, 0.2) is 0 Å². The van der Waals surface area contributed by atoms with Crippen molar-refractivity contribution >= 4 is 5.97 Å². The molecule has 0 spiro atoms. The van der Waals surface area contributed by atoms with Crippen molar-refractivity contribution in [2.75, 3.05) is 0 Å². The molecule has 6 heteroatoms. The molecule has 0 amide bonds. The van der Waals surface area contributed by atoms with Gasteiger partial charge in [-0.3, -0.25) is 0 Å². The van der Waals surface area contributed by atoms with Crippen LogP contribution in [0, 0.1) is 5.82 Å². The standard InChI is InChI=1S/C11H8FNO4/c12-8-3-1-2-7(6-8)11(16)17-13-9(14)4-5-10(13)15/h1-6,14-15H. The molecule has 2 aromatic rings. The summed E-state index contributed by atoms with van der Waals surface area (Å²) in [4.78, 5) is 16.2. The van der Waals surface area contributed by atoms with Crippen LogP contribution < -0.4 is 4.84 Å². The molecule has 5 nitrogen and oxygen atoms in total. The number of aromatic nitrogens is 1. The number of benzene rings is 1. The normalized spacial score (nSPS) is 10.2. The van der Waals surface area contributed by atoms with E-state index in [0.717, 1.165) is 18.2 Å². The molecular weight excluding hydrogens is 229 g/mol. The number of nitrogens with zero attached hydrogens (tertiary/aromatic N) is 1. The van der Waals surface area contributed by atoms with Gasteiger partial charge >= 0.3 is 5.97 Å². The Bertz CT molecular complexity index is 545. The molecule has 0 saturated carbocycles. The minimum atomic E-state index is -0.897. The van der Waals surface area contributed by atoms with Crippen LogP contribution in [-0.4, -0.2) is 20.9 Å².